The maximum atomic E-state index is 10.7. The summed E-state index contributed by atoms with van der Waals surface area (Å²) in [5, 5.41) is 21.0. The zero-order valence-corrected chi connectivity index (χ0v) is 11.3. The summed E-state index contributed by atoms with van der Waals surface area (Å²) in [7, 11) is 1.56. The van der Waals surface area contributed by atoms with Crippen LogP contribution in [-0.2, 0) is 6.54 Å². The molecule has 2 rings (SSSR count). The Morgan fingerprint density at radius 3 is 2.81 bits per heavy atom. The molecule has 0 aliphatic heterocycles. The van der Waals surface area contributed by atoms with Gasteiger partial charge in [0.25, 0.3) is 0 Å². The highest BCUT2D eigenvalue weighted by Crippen LogP contribution is 2.22. The van der Waals surface area contributed by atoms with Gasteiger partial charge in [-0.2, -0.15) is 5.26 Å². The molecule has 0 amide bonds. The van der Waals surface area contributed by atoms with Crippen LogP contribution in [0.25, 0.3) is 0 Å². The number of rotatable bonds is 5. The number of ether oxygens (including phenoxy) is 1. The molecule has 1 aromatic carbocycles. The predicted molar refractivity (Wildman–Crippen MR) is 76.2 cm³/mol. The van der Waals surface area contributed by atoms with Gasteiger partial charge in [-0.15, -0.1) is 0 Å². The second-order valence-electron chi connectivity index (χ2n) is 4.23. The number of nitriles is 1. The van der Waals surface area contributed by atoms with Crippen molar-refractivity contribution < 1.29 is 14.6 Å². The van der Waals surface area contributed by atoms with Crippen LogP contribution in [0.15, 0.2) is 36.5 Å². The van der Waals surface area contributed by atoms with Gasteiger partial charge in [0.1, 0.15) is 17.5 Å². The van der Waals surface area contributed by atoms with Crippen LogP contribution in [0.2, 0.25) is 0 Å². The molecule has 6 nitrogen and oxygen atoms in total. The van der Waals surface area contributed by atoms with Crippen molar-refractivity contribution in [2.75, 3.05) is 12.4 Å². The first-order valence-corrected chi connectivity index (χ1v) is 6.14. The summed E-state index contributed by atoms with van der Waals surface area (Å²) < 4.78 is 5.12. The van der Waals surface area contributed by atoms with E-state index < -0.39 is 5.97 Å². The molecule has 21 heavy (non-hydrogen) atoms. The van der Waals surface area contributed by atoms with E-state index in [9.17, 15) is 4.79 Å². The van der Waals surface area contributed by atoms with Crippen LogP contribution in [0, 0.1) is 11.3 Å². The lowest BCUT2D eigenvalue weighted by atomic mass is 10.1. The normalized spacial score (nSPS) is 9.71. The molecule has 0 saturated carbocycles. The van der Waals surface area contributed by atoms with E-state index in [0.717, 1.165) is 5.56 Å². The van der Waals surface area contributed by atoms with E-state index in [1.165, 1.54) is 12.3 Å². The van der Waals surface area contributed by atoms with Crippen LogP contribution < -0.4 is 10.1 Å². The van der Waals surface area contributed by atoms with E-state index in [1.54, 1.807) is 31.4 Å². The Kier molecular flexibility index (Phi) is 4.36. The molecule has 0 saturated heterocycles. The summed E-state index contributed by atoms with van der Waals surface area (Å²) in [6.07, 6.45) is 1.49. The van der Waals surface area contributed by atoms with Crippen molar-refractivity contribution in [1.29, 1.82) is 5.26 Å². The van der Waals surface area contributed by atoms with Gasteiger partial charge in [0.2, 0.25) is 0 Å². The van der Waals surface area contributed by atoms with Crippen molar-refractivity contribution in [3.05, 3.63) is 53.3 Å². The largest absolute Gasteiger partial charge is 0.497 e. The molecule has 0 aliphatic rings. The van der Waals surface area contributed by atoms with Gasteiger partial charge in [-0.05, 0) is 23.8 Å². The number of benzene rings is 1. The average Bonchev–Trinajstić information content (AvgIpc) is 2.52. The van der Waals surface area contributed by atoms with Crippen molar-refractivity contribution in [2.24, 2.45) is 0 Å². The second kappa shape index (κ2) is 6.39. The summed E-state index contributed by atoms with van der Waals surface area (Å²) in [4.78, 5) is 14.6. The Bertz CT molecular complexity index is 690. The Hall–Kier alpha value is -3.07. The summed E-state index contributed by atoms with van der Waals surface area (Å²) in [6, 6.07) is 10.3. The molecule has 1 aromatic heterocycles. The van der Waals surface area contributed by atoms with E-state index in [4.69, 9.17) is 15.1 Å². The van der Waals surface area contributed by atoms with Crippen LogP contribution in [-0.4, -0.2) is 23.2 Å². The molecule has 0 fully saturated rings. The maximum Gasteiger partial charge on any atom is 0.354 e. The number of nitrogens with one attached hydrogen (secondary N) is 1. The van der Waals surface area contributed by atoms with Crippen molar-refractivity contribution in [2.45, 2.75) is 6.54 Å². The molecule has 0 radical (unpaired) electrons. The van der Waals surface area contributed by atoms with Gasteiger partial charge in [0, 0.05) is 18.8 Å². The maximum absolute atomic E-state index is 10.7. The lowest BCUT2D eigenvalue weighted by Crippen LogP contribution is -2.04. The molecule has 0 aliphatic carbocycles. The lowest BCUT2D eigenvalue weighted by Gasteiger charge is -2.10. The molecular weight excluding hydrogens is 270 g/mol. The van der Waals surface area contributed by atoms with Gasteiger partial charge in [0.15, 0.2) is 0 Å². The monoisotopic (exact) mass is 283 g/mol. The fourth-order valence-corrected chi connectivity index (χ4v) is 1.75. The van der Waals surface area contributed by atoms with E-state index in [2.05, 4.69) is 16.4 Å². The third kappa shape index (κ3) is 3.48. The van der Waals surface area contributed by atoms with Crippen molar-refractivity contribution in [3.63, 3.8) is 0 Å². The molecule has 0 unspecified atom stereocenters. The standard InChI is InChI=1S/C15H13N3O3/c1-21-12-4-3-11(7-16)14(6-12)18-9-10-2-5-13(15(19)20)17-8-10/h2-6,8,18H,9H2,1H3,(H,19,20). The summed E-state index contributed by atoms with van der Waals surface area (Å²) in [6.45, 7) is 0.425. The number of aromatic carboxylic acids is 1. The summed E-state index contributed by atoms with van der Waals surface area (Å²) >= 11 is 0. The summed E-state index contributed by atoms with van der Waals surface area (Å²) in [5.41, 5.74) is 1.97. The Morgan fingerprint density at radius 1 is 1.43 bits per heavy atom. The zero-order chi connectivity index (χ0) is 15.2. The van der Waals surface area contributed by atoms with Gasteiger partial charge in [-0.1, -0.05) is 6.07 Å². The van der Waals surface area contributed by atoms with E-state index in [0.29, 0.717) is 23.5 Å². The fraction of sp³-hybridized carbons (Fsp3) is 0.133. The van der Waals surface area contributed by atoms with Crippen molar-refractivity contribution in [1.82, 2.24) is 4.98 Å². The number of methoxy groups -OCH3 is 1. The van der Waals surface area contributed by atoms with Crippen LogP contribution in [0.3, 0.4) is 0 Å². The van der Waals surface area contributed by atoms with E-state index in [1.807, 2.05) is 0 Å². The molecular formula is C15H13N3O3. The molecule has 106 valence electrons. The lowest BCUT2D eigenvalue weighted by molar-refractivity contribution is 0.0690. The Balaban J connectivity index is 2.12. The van der Waals surface area contributed by atoms with Gasteiger partial charge < -0.3 is 15.2 Å². The van der Waals surface area contributed by atoms with Gasteiger partial charge in [0.05, 0.1) is 18.4 Å². The molecule has 2 N–H and O–H groups in total. The van der Waals surface area contributed by atoms with E-state index >= 15 is 0 Å². The van der Waals surface area contributed by atoms with Gasteiger partial charge >= 0.3 is 5.97 Å². The highest BCUT2D eigenvalue weighted by atomic mass is 16.5. The number of anilines is 1. The third-order valence-corrected chi connectivity index (χ3v) is 2.87. The SMILES string of the molecule is COc1ccc(C#N)c(NCc2ccc(C(=O)O)nc2)c1. The minimum Gasteiger partial charge on any atom is -0.497 e. The molecule has 0 spiro atoms. The molecule has 1 heterocycles. The highest BCUT2D eigenvalue weighted by molar-refractivity contribution is 5.85. The number of carbonyl (C=O) groups is 1. The number of nitrogens with zero attached hydrogens (tertiary/aromatic N) is 2. The van der Waals surface area contributed by atoms with Gasteiger partial charge in [-0.3, -0.25) is 0 Å². The Morgan fingerprint density at radius 2 is 2.24 bits per heavy atom. The molecule has 6 heteroatoms. The van der Waals surface area contributed by atoms with Crippen LogP contribution >= 0.6 is 0 Å². The minimum atomic E-state index is -1.06. The zero-order valence-electron chi connectivity index (χ0n) is 11.3. The number of pyridine rings is 1. The second-order valence-corrected chi connectivity index (χ2v) is 4.23. The fourth-order valence-electron chi connectivity index (χ4n) is 1.75. The predicted octanol–water partition coefficient (Wildman–Crippen LogP) is 2.27. The number of carboxylic acid groups (broad SMARTS) is 1. The van der Waals surface area contributed by atoms with Crippen LogP contribution in [0.1, 0.15) is 21.6 Å². The molecule has 2 aromatic rings. The number of carboxylic acids is 1. The topological polar surface area (TPSA) is 95.2 Å². The quantitative estimate of drug-likeness (QED) is 0.874. The first-order valence-electron chi connectivity index (χ1n) is 6.14. The number of aromatic nitrogens is 1. The van der Waals surface area contributed by atoms with Crippen molar-refractivity contribution >= 4 is 11.7 Å². The van der Waals surface area contributed by atoms with E-state index in [-0.39, 0.29) is 5.69 Å². The number of hydrogen-bond acceptors (Lipinski definition) is 5. The molecule has 0 atom stereocenters. The van der Waals surface area contributed by atoms with Gasteiger partial charge in [-0.25, -0.2) is 9.78 Å². The minimum absolute atomic E-state index is 0.00200. The molecule has 0 bridgehead atoms. The van der Waals surface area contributed by atoms with Crippen LogP contribution in [0.4, 0.5) is 5.69 Å². The van der Waals surface area contributed by atoms with Crippen LogP contribution in [0.5, 0.6) is 5.75 Å². The number of hydrogen-bond donors (Lipinski definition) is 2. The van der Waals surface area contributed by atoms with Crippen molar-refractivity contribution in [3.8, 4) is 11.8 Å². The average molecular weight is 283 g/mol. The first-order chi connectivity index (χ1) is 10.1. The Labute approximate surface area is 121 Å². The summed E-state index contributed by atoms with van der Waals surface area (Å²) in [5.74, 6) is -0.412. The smallest absolute Gasteiger partial charge is 0.354 e. The first kappa shape index (κ1) is 14.3. The third-order valence-electron chi connectivity index (χ3n) is 2.87. The highest BCUT2D eigenvalue weighted by Gasteiger charge is 2.06.